The van der Waals surface area contributed by atoms with E-state index in [4.69, 9.17) is 14.2 Å². The van der Waals surface area contributed by atoms with Crippen LogP contribution in [0.25, 0.3) is 0 Å². The standard InChI is InChI=1S/C17H24O4/c1-12-8-13(2)10-16(9-12)21-17(18)14(3)20-11-15-6-4-5-7-19-15/h8-10,14-15H,4-7,11H2,1-3H3. The minimum Gasteiger partial charge on any atom is -0.425 e. The lowest BCUT2D eigenvalue weighted by atomic mass is 10.1. The number of ether oxygens (including phenoxy) is 3. The van der Waals surface area contributed by atoms with Crippen LogP contribution in [0, 0.1) is 13.8 Å². The van der Waals surface area contributed by atoms with E-state index < -0.39 is 6.10 Å². The number of aryl methyl sites for hydroxylation is 2. The van der Waals surface area contributed by atoms with Gasteiger partial charge in [-0.3, -0.25) is 0 Å². The Kier molecular flexibility index (Phi) is 5.76. The average Bonchev–Trinajstić information content (AvgIpc) is 2.44. The Morgan fingerprint density at radius 2 is 2.00 bits per heavy atom. The van der Waals surface area contributed by atoms with Gasteiger partial charge < -0.3 is 14.2 Å². The van der Waals surface area contributed by atoms with Gasteiger partial charge in [0.2, 0.25) is 0 Å². The lowest BCUT2D eigenvalue weighted by Gasteiger charge is -2.23. The molecule has 1 saturated heterocycles. The van der Waals surface area contributed by atoms with Crippen molar-refractivity contribution in [1.29, 1.82) is 0 Å². The van der Waals surface area contributed by atoms with Gasteiger partial charge in [-0.25, -0.2) is 4.79 Å². The van der Waals surface area contributed by atoms with E-state index in [0.717, 1.165) is 37.0 Å². The van der Waals surface area contributed by atoms with Crippen LogP contribution in [0.2, 0.25) is 0 Å². The fourth-order valence-corrected chi connectivity index (χ4v) is 2.45. The SMILES string of the molecule is Cc1cc(C)cc(OC(=O)C(C)OCC2CCCCO2)c1. The van der Waals surface area contributed by atoms with Gasteiger partial charge in [0.15, 0.2) is 6.10 Å². The third-order valence-electron chi connectivity index (χ3n) is 3.55. The monoisotopic (exact) mass is 292 g/mol. The van der Waals surface area contributed by atoms with Crippen LogP contribution >= 0.6 is 0 Å². The molecule has 21 heavy (non-hydrogen) atoms. The largest absolute Gasteiger partial charge is 0.425 e. The molecule has 0 radical (unpaired) electrons. The Labute approximate surface area is 126 Å². The molecule has 0 aromatic heterocycles. The van der Waals surface area contributed by atoms with Crippen LogP contribution in [0.3, 0.4) is 0 Å². The molecule has 1 aromatic rings. The van der Waals surface area contributed by atoms with Crippen molar-refractivity contribution in [2.45, 2.75) is 52.2 Å². The van der Waals surface area contributed by atoms with Gasteiger partial charge in [-0.05, 0) is 63.3 Å². The third-order valence-corrected chi connectivity index (χ3v) is 3.55. The predicted octanol–water partition coefficient (Wildman–Crippen LogP) is 3.18. The van der Waals surface area contributed by atoms with Gasteiger partial charge in [-0.15, -0.1) is 0 Å². The zero-order chi connectivity index (χ0) is 15.2. The van der Waals surface area contributed by atoms with E-state index in [1.165, 1.54) is 0 Å². The van der Waals surface area contributed by atoms with Gasteiger partial charge in [0.25, 0.3) is 0 Å². The van der Waals surface area contributed by atoms with Crippen LogP contribution in [0.5, 0.6) is 5.75 Å². The zero-order valence-corrected chi connectivity index (χ0v) is 13.1. The molecule has 1 aromatic carbocycles. The van der Waals surface area contributed by atoms with Crippen molar-refractivity contribution in [1.82, 2.24) is 0 Å². The van der Waals surface area contributed by atoms with Gasteiger partial charge in [-0.2, -0.15) is 0 Å². The lowest BCUT2D eigenvalue weighted by molar-refractivity contribution is -0.149. The Bertz CT molecular complexity index is 457. The Balaban J connectivity index is 1.81. The topological polar surface area (TPSA) is 44.8 Å². The second-order valence-electron chi connectivity index (χ2n) is 5.71. The van der Waals surface area contributed by atoms with Crippen LogP contribution < -0.4 is 4.74 Å². The summed E-state index contributed by atoms with van der Waals surface area (Å²) in [4.78, 5) is 12.0. The first-order valence-electron chi connectivity index (χ1n) is 7.58. The van der Waals surface area contributed by atoms with Crippen LogP contribution in [-0.4, -0.2) is 31.4 Å². The number of carbonyl (C=O) groups excluding carboxylic acids is 1. The molecule has 1 fully saturated rings. The highest BCUT2D eigenvalue weighted by Crippen LogP contribution is 2.18. The van der Waals surface area contributed by atoms with E-state index in [1.807, 2.05) is 32.0 Å². The summed E-state index contributed by atoms with van der Waals surface area (Å²) < 4.78 is 16.5. The fourth-order valence-electron chi connectivity index (χ4n) is 2.45. The zero-order valence-electron chi connectivity index (χ0n) is 13.1. The van der Waals surface area contributed by atoms with Crippen molar-refractivity contribution in [3.8, 4) is 5.75 Å². The number of benzene rings is 1. The van der Waals surface area contributed by atoms with Crippen molar-refractivity contribution in [3.63, 3.8) is 0 Å². The normalized spacial score (nSPS) is 20.0. The number of carbonyl (C=O) groups is 1. The van der Waals surface area contributed by atoms with Crippen molar-refractivity contribution in [2.24, 2.45) is 0 Å². The number of esters is 1. The van der Waals surface area contributed by atoms with E-state index in [1.54, 1.807) is 6.92 Å². The Hall–Kier alpha value is -1.39. The highest BCUT2D eigenvalue weighted by Gasteiger charge is 2.20. The molecule has 2 atom stereocenters. The minimum absolute atomic E-state index is 0.107. The fraction of sp³-hybridized carbons (Fsp3) is 0.588. The molecule has 2 rings (SSSR count). The van der Waals surface area contributed by atoms with Crippen LogP contribution in [0.1, 0.15) is 37.3 Å². The van der Waals surface area contributed by atoms with Crippen LogP contribution in [0.4, 0.5) is 0 Å². The summed E-state index contributed by atoms with van der Waals surface area (Å²) in [5.74, 6) is 0.206. The molecule has 0 bridgehead atoms. The summed E-state index contributed by atoms with van der Waals surface area (Å²) in [6, 6.07) is 5.74. The van der Waals surface area contributed by atoms with Crippen molar-refractivity contribution < 1.29 is 19.0 Å². The maximum Gasteiger partial charge on any atom is 0.340 e. The highest BCUT2D eigenvalue weighted by molar-refractivity contribution is 5.76. The molecule has 0 spiro atoms. The summed E-state index contributed by atoms with van der Waals surface area (Å²) in [7, 11) is 0. The third kappa shape index (κ3) is 5.14. The Morgan fingerprint density at radius 3 is 2.62 bits per heavy atom. The molecule has 1 aliphatic rings. The van der Waals surface area contributed by atoms with Gasteiger partial charge in [-0.1, -0.05) is 6.07 Å². The highest BCUT2D eigenvalue weighted by atomic mass is 16.6. The minimum atomic E-state index is -0.587. The predicted molar refractivity (Wildman–Crippen MR) is 80.6 cm³/mol. The summed E-state index contributed by atoms with van der Waals surface area (Å²) >= 11 is 0. The average molecular weight is 292 g/mol. The van der Waals surface area contributed by atoms with Crippen LogP contribution in [0.15, 0.2) is 18.2 Å². The molecule has 0 N–H and O–H groups in total. The summed E-state index contributed by atoms with van der Waals surface area (Å²) in [5, 5.41) is 0. The van der Waals surface area contributed by atoms with Gasteiger partial charge in [0.05, 0.1) is 12.7 Å². The van der Waals surface area contributed by atoms with E-state index in [9.17, 15) is 4.79 Å². The maximum absolute atomic E-state index is 12.0. The molecular formula is C17H24O4. The smallest absolute Gasteiger partial charge is 0.340 e. The molecule has 4 nitrogen and oxygen atoms in total. The van der Waals surface area contributed by atoms with Crippen LogP contribution in [-0.2, 0) is 14.3 Å². The van der Waals surface area contributed by atoms with Crippen molar-refractivity contribution in [2.75, 3.05) is 13.2 Å². The molecule has 0 amide bonds. The molecule has 1 heterocycles. The van der Waals surface area contributed by atoms with Gasteiger partial charge in [0.1, 0.15) is 5.75 Å². The number of rotatable bonds is 5. The van der Waals surface area contributed by atoms with E-state index >= 15 is 0 Å². The number of hydrogen-bond acceptors (Lipinski definition) is 4. The molecule has 1 aliphatic heterocycles. The van der Waals surface area contributed by atoms with Gasteiger partial charge >= 0.3 is 5.97 Å². The van der Waals surface area contributed by atoms with Crippen molar-refractivity contribution in [3.05, 3.63) is 29.3 Å². The first-order valence-corrected chi connectivity index (χ1v) is 7.58. The number of hydrogen-bond donors (Lipinski definition) is 0. The first-order chi connectivity index (χ1) is 10.0. The second kappa shape index (κ2) is 7.57. The summed E-state index contributed by atoms with van der Waals surface area (Å²) in [6.45, 7) is 6.90. The quantitative estimate of drug-likeness (QED) is 0.617. The second-order valence-corrected chi connectivity index (χ2v) is 5.71. The molecule has 0 saturated carbocycles. The first kappa shape index (κ1) is 16.0. The summed E-state index contributed by atoms with van der Waals surface area (Å²) in [5.41, 5.74) is 2.14. The maximum atomic E-state index is 12.0. The molecule has 0 aliphatic carbocycles. The van der Waals surface area contributed by atoms with E-state index in [0.29, 0.717) is 12.4 Å². The summed E-state index contributed by atoms with van der Waals surface area (Å²) in [6.07, 6.45) is 2.79. The van der Waals surface area contributed by atoms with Gasteiger partial charge in [0, 0.05) is 6.61 Å². The van der Waals surface area contributed by atoms with Crippen molar-refractivity contribution >= 4 is 5.97 Å². The molecular weight excluding hydrogens is 268 g/mol. The molecule has 4 heteroatoms. The Morgan fingerprint density at radius 1 is 1.29 bits per heavy atom. The van der Waals surface area contributed by atoms with E-state index in [2.05, 4.69) is 0 Å². The molecule has 2 unspecified atom stereocenters. The molecule has 116 valence electrons. The van der Waals surface area contributed by atoms with E-state index in [-0.39, 0.29) is 12.1 Å². The lowest BCUT2D eigenvalue weighted by Crippen LogP contribution is -2.31.